The van der Waals surface area contributed by atoms with Crippen LogP contribution in [0.15, 0.2) is 12.2 Å². The summed E-state index contributed by atoms with van der Waals surface area (Å²) in [6, 6.07) is 0. The zero-order valence-corrected chi connectivity index (χ0v) is 12.4. The van der Waals surface area contributed by atoms with Crippen LogP contribution < -0.4 is 10.0 Å². The minimum atomic E-state index is -3.20. The number of allylic oxidation sites excluding steroid dienone is 1. The van der Waals surface area contributed by atoms with Gasteiger partial charge in [-0.05, 0) is 51.6 Å². The molecule has 2 N–H and O–H groups in total. The van der Waals surface area contributed by atoms with Crippen molar-refractivity contribution in [3.63, 3.8) is 0 Å². The number of rotatable bonds is 7. The maximum atomic E-state index is 12.1. The molecular formula is C13H26N2O2S. The SMILES string of the molecule is C=C(CC)CC(C)S(=O)(=O)NCC1CCNCC1. The summed E-state index contributed by atoms with van der Waals surface area (Å²) in [5, 5.41) is 2.90. The standard InChI is InChI=1S/C13H26N2O2S/c1-4-11(2)9-12(3)18(16,17)15-10-13-5-7-14-8-6-13/h12-15H,2,4-10H2,1,3H3. The Hall–Kier alpha value is -0.390. The summed E-state index contributed by atoms with van der Waals surface area (Å²) in [6.07, 6.45) is 3.50. The smallest absolute Gasteiger partial charge is 0.214 e. The van der Waals surface area contributed by atoms with E-state index in [4.69, 9.17) is 0 Å². The molecule has 0 radical (unpaired) electrons. The number of nitrogens with one attached hydrogen (secondary N) is 2. The highest BCUT2D eigenvalue weighted by molar-refractivity contribution is 7.90. The molecule has 0 spiro atoms. The molecule has 1 unspecified atom stereocenters. The molecule has 1 fully saturated rings. The summed E-state index contributed by atoms with van der Waals surface area (Å²) in [7, 11) is -3.20. The maximum Gasteiger partial charge on any atom is 0.214 e. The van der Waals surface area contributed by atoms with Crippen molar-refractivity contribution >= 4 is 10.0 Å². The molecule has 1 saturated heterocycles. The minimum absolute atomic E-state index is 0.383. The van der Waals surface area contributed by atoms with Crippen LogP contribution in [0.25, 0.3) is 0 Å². The monoisotopic (exact) mass is 274 g/mol. The number of piperidine rings is 1. The molecule has 1 rings (SSSR count). The molecule has 0 saturated carbocycles. The van der Waals surface area contributed by atoms with Gasteiger partial charge >= 0.3 is 0 Å². The average molecular weight is 274 g/mol. The molecule has 1 atom stereocenters. The zero-order valence-electron chi connectivity index (χ0n) is 11.5. The van der Waals surface area contributed by atoms with E-state index >= 15 is 0 Å². The van der Waals surface area contributed by atoms with E-state index in [1.54, 1.807) is 6.92 Å². The molecule has 0 aromatic carbocycles. The van der Waals surface area contributed by atoms with E-state index in [2.05, 4.69) is 16.6 Å². The lowest BCUT2D eigenvalue weighted by atomic mass is 9.99. The lowest BCUT2D eigenvalue weighted by Crippen LogP contribution is -2.39. The number of hydrogen-bond acceptors (Lipinski definition) is 3. The van der Waals surface area contributed by atoms with Crippen LogP contribution in [0.3, 0.4) is 0 Å². The van der Waals surface area contributed by atoms with E-state index in [9.17, 15) is 8.42 Å². The number of hydrogen-bond donors (Lipinski definition) is 2. The molecule has 0 aliphatic carbocycles. The molecule has 0 bridgehead atoms. The summed E-state index contributed by atoms with van der Waals surface area (Å²) in [6.45, 7) is 10.2. The second-order valence-electron chi connectivity index (χ2n) is 5.21. The molecule has 0 amide bonds. The van der Waals surface area contributed by atoms with Gasteiger partial charge in [0.25, 0.3) is 0 Å². The van der Waals surface area contributed by atoms with Crippen LogP contribution in [0.2, 0.25) is 0 Å². The van der Waals surface area contributed by atoms with Gasteiger partial charge in [-0.25, -0.2) is 13.1 Å². The fourth-order valence-electron chi connectivity index (χ4n) is 2.12. The van der Waals surface area contributed by atoms with Gasteiger partial charge in [0.1, 0.15) is 0 Å². The quantitative estimate of drug-likeness (QED) is 0.694. The normalized spacial score (nSPS) is 19.7. The molecule has 106 valence electrons. The Morgan fingerprint density at radius 3 is 2.61 bits per heavy atom. The Kier molecular flexibility index (Phi) is 6.32. The highest BCUT2D eigenvalue weighted by Crippen LogP contribution is 2.15. The Labute approximate surface area is 111 Å². The van der Waals surface area contributed by atoms with Crippen molar-refractivity contribution in [1.82, 2.24) is 10.0 Å². The first kappa shape index (κ1) is 15.7. The van der Waals surface area contributed by atoms with E-state index in [1.165, 1.54) is 0 Å². The highest BCUT2D eigenvalue weighted by Gasteiger charge is 2.22. The van der Waals surface area contributed by atoms with Gasteiger partial charge in [-0.1, -0.05) is 19.1 Å². The Morgan fingerprint density at radius 1 is 1.44 bits per heavy atom. The first-order chi connectivity index (χ1) is 8.45. The van der Waals surface area contributed by atoms with E-state index in [0.29, 0.717) is 18.9 Å². The predicted molar refractivity (Wildman–Crippen MR) is 76.0 cm³/mol. The predicted octanol–water partition coefficient (Wildman–Crippen LogP) is 1.65. The van der Waals surface area contributed by atoms with Crippen LogP contribution in [0.1, 0.15) is 39.5 Å². The third-order valence-electron chi connectivity index (χ3n) is 3.64. The third-order valence-corrected chi connectivity index (χ3v) is 5.43. The van der Waals surface area contributed by atoms with Crippen molar-refractivity contribution in [2.75, 3.05) is 19.6 Å². The second-order valence-corrected chi connectivity index (χ2v) is 7.39. The molecule has 5 heteroatoms. The van der Waals surface area contributed by atoms with Crippen LogP contribution >= 0.6 is 0 Å². The van der Waals surface area contributed by atoms with E-state index in [-0.39, 0.29) is 5.25 Å². The Morgan fingerprint density at radius 2 is 2.06 bits per heavy atom. The van der Waals surface area contributed by atoms with Crippen molar-refractivity contribution in [3.05, 3.63) is 12.2 Å². The summed E-state index contributed by atoms with van der Waals surface area (Å²) in [4.78, 5) is 0. The first-order valence-electron chi connectivity index (χ1n) is 6.81. The van der Waals surface area contributed by atoms with Gasteiger partial charge in [0.2, 0.25) is 10.0 Å². The summed E-state index contributed by atoms with van der Waals surface area (Å²) in [5.41, 5.74) is 0.995. The van der Waals surface area contributed by atoms with Gasteiger partial charge in [-0.2, -0.15) is 0 Å². The zero-order chi connectivity index (χ0) is 13.6. The van der Waals surface area contributed by atoms with Crippen molar-refractivity contribution in [2.45, 2.75) is 44.8 Å². The van der Waals surface area contributed by atoms with Crippen LogP contribution in [0.4, 0.5) is 0 Å². The lowest BCUT2D eigenvalue weighted by Gasteiger charge is -2.23. The van der Waals surface area contributed by atoms with Gasteiger partial charge in [-0.3, -0.25) is 0 Å². The van der Waals surface area contributed by atoms with Crippen LogP contribution in [0, 0.1) is 5.92 Å². The first-order valence-corrected chi connectivity index (χ1v) is 8.36. The summed E-state index contributed by atoms with van der Waals surface area (Å²) in [5.74, 6) is 0.475. The largest absolute Gasteiger partial charge is 0.317 e. The van der Waals surface area contributed by atoms with E-state index in [1.807, 2.05) is 6.92 Å². The average Bonchev–Trinajstić information content (AvgIpc) is 2.37. The molecule has 0 aromatic rings. The highest BCUT2D eigenvalue weighted by atomic mass is 32.2. The maximum absolute atomic E-state index is 12.1. The van der Waals surface area contributed by atoms with Crippen LogP contribution in [-0.4, -0.2) is 33.3 Å². The fraction of sp³-hybridized carbons (Fsp3) is 0.846. The van der Waals surface area contributed by atoms with Crippen molar-refractivity contribution in [2.24, 2.45) is 5.92 Å². The third kappa shape index (κ3) is 5.08. The molecule has 4 nitrogen and oxygen atoms in total. The minimum Gasteiger partial charge on any atom is -0.317 e. The van der Waals surface area contributed by atoms with Gasteiger partial charge in [0.15, 0.2) is 0 Å². The van der Waals surface area contributed by atoms with Crippen LogP contribution in [0.5, 0.6) is 0 Å². The van der Waals surface area contributed by atoms with Crippen molar-refractivity contribution in [1.29, 1.82) is 0 Å². The van der Waals surface area contributed by atoms with Crippen molar-refractivity contribution < 1.29 is 8.42 Å². The number of sulfonamides is 1. The topological polar surface area (TPSA) is 58.2 Å². The van der Waals surface area contributed by atoms with E-state index in [0.717, 1.165) is 37.9 Å². The summed E-state index contributed by atoms with van der Waals surface area (Å²) >= 11 is 0. The van der Waals surface area contributed by atoms with E-state index < -0.39 is 10.0 Å². The molecule has 1 aliphatic rings. The van der Waals surface area contributed by atoms with Gasteiger partial charge in [0, 0.05) is 6.54 Å². The Balaban J connectivity index is 2.40. The van der Waals surface area contributed by atoms with Gasteiger partial charge in [-0.15, -0.1) is 0 Å². The lowest BCUT2D eigenvalue weighted by molar-refractivity contribution is 0.372. The van der Waals surface area contributed by atoms with Gasteiger partial charge in [0.05, 0.1) is 5.25 Å². The van der Waals surface area contributed by atoms with Crippen LogP contribution in [-0.2, 0) is 10.0 Å². The fourth-order valence-corrected chi connectivity index (χ4v) is 3.33. The molecule has 0 aromatic heterocycles. The molecule has 18 heavy (non-hydrogen) atoms. The Bertz CT molecular complexity index is 359. The van der Waals surface area contributed by atoms with Gasteiger partial charge < -0.3 is 5.32 Å². The molecular weight excluding hydrogens is 248 g/mol. The summed E-state index contributed by atoms with van der Waals surface area (Å²) < 4.78 is 26.9. The molecule has 1 heterocycles. The molecule has 1 aliphatic heterocycles. The van der Waals surface area contributed by atoms with Crippen molar-refractivity contribution in [3.8, 4) is 0 Å². The second kappa shape index (κ2) is 7.26.